The number of esters is 1. The molecule has 0 bridgehead atoms. The molecule has 2 amide bonds. The zero-order chi connectivity index (χ0) is 18.8. The van der Waals surface area contributed by atoms with Crippen LogP contribution in [-0.4, -0.2) is 42.4 Å². The van der Waals surface area contributed by atoms with Crippen LogP contribution in [0.2, 0.25) is 0 Å². The lowest BCUT2D eigenvalue weighted by Gasteiger charge is -2.27. The maximum atomic E-state index is 12.5. The van der Waals surface area contributed by atoms with Crippen LogP contribution >= 0.6 is 11.3 Å². The van der Waals surface area contributed by atoms with Crippen molar-refractivity contribution in [3.63, 3.8) is 0 Å². The molecule has 2 aromatic rings. The minimum Gasteiger partial charge on any atom is -0.452 e. The lowest BCUT2D eigenvalue weighted by Crippen LogP contribution is -2.38. The number of carbonyl (C=O) groups is 3. The van der Waals surface area contributed by atoms with Crippen LogP contribution in [0.3, 0.4) is 0 Å². The number of amides is 2. The molecule has 0 atom stereocenters. The topological polar surface area (TPSA) is 66.9 Å². The van der Waals surface area contributed by atoms with Crippen LogP contribution in [0.5, 0.6) is 0 Å². The molecule has 7 heteroatoms. The smallest absolute Gasteiger partial charge is 0.340 e. The van der Waals surface area contributed by atoms with Gasteiger partial charge in [-0.1, -0.05) is 12.1 Å². The second-order valence-electron chi connectivity index (χ2n) is 6.68. The van der Waals surface area contributed by atoms with Crippen molar-refractivity contribution in [2.45, 2.75) is 25.8 Å². The number of thiophene rings is 1. The second-order valence-corrected chi connectivity index (χ2v) is 7.68. The quantitative estimate of drug-likeness (QED) is 0.760. The van der Waals surface area contributed by atoms with Crippen LogP contribution in [0.25, 0.3) is 0 Å². The Bertz CT molecular complexity index is 892. The third kappa shape index (κ3) is 3.60. The number of benzene rings is 1. The first-order valence-electron chi connectivity index (χ1n) is 9.03. The van der Waals surface area contributed by atoms with E-state index in [0.717, 1.165) is 12.8 Å². The largest absolute Gasteiger partial charge is 0.452 e. The number of para-hydroxylation sites is 1. The SMILES string of the molecule is O=C(OCC(=O)N1CCc2sccc2C1)c1ccccc1N1CCCC1=O. The Morgan fingerprint density at radius 3 is 2.78 bits per heavy atom. The van der Waals surface area contributed by atoms with Crippen LogP contribution < -0.4 is 4.90 Å². The van der Waals surface area contributed by atoms with Crippen molar-refractivity contribution in [3.05, 3.63) is 51.7 Å². The lowest BCUT2D eigenvalue weighted by atomic mass is 10.1. The second kappa shape index (κ2) is 7.52. The number of ether oxygens (including phenoxy) is 1. The average molecular weight is 384 g/mol. The van der Waals surface area contributed by atoms with Crippen LogP contribution in [0.4, 0.5) is 5.69 Å². The predicted molar refractivity (Wildman–Crippen MR) is 102 cm³/mol. The Hall–Kier alpha value is -2.67. The number of rotatable bonds is 4. The highest BCUT2D eigenvalue weighted by Gasteiger charge is 2.27. The van der Waals surface area contributed by atoms with Gasteiger partial charge in [0, 0.05) is 30.9 Å². The third-order valence-corrected chi connectivity index (χ3v) is 6.00. The number of fused-ring (bicyclic) bond motifs is 1. The van der Waals surface area contributed by atoms with Crippen molar-refractivity contribution in [2.75, 3.05) is 24.6 Å². The summed E-state index contributed by atoms with van der Waals surface area (Å²) in [5, 5.41) is 2.04. The first-order valence-corrected chi connectivity index (χ1v) is 9.91. The van der Waals surface area contributed by atoms with Crippen molar-refractivity contribution in [3.8, 4) is 0 Å². The molecule has 27 heavy (non-hydrogen) atoms. The molecular formula is C20H20N2O4S. The van der Waals surface area contributed by atoms with Gasteiger partial charge in [-0.05, 0) is 42.0 Å². The van der Waals surface area contributed by atoms with Gasteiger partial charge in [0.05, 0.1) is 11.3 Å². The van der Waals surface area contributed by atoms with Gasteiger partial charge in [-0.15, -0.1) is 11.3 Å². The summed E-state index contributed by atoms with van der Waals surface area (Å²) in [6.07, 6.45) is 2.11. The molecule has 4 rings (SSSR count). The summed E-state index contributed by atoms with van der Waals surface area (Å²) in [5.74, 6) is -0.770. The molecule has 1 aromatic heterocycles. The first-order chi connectivity index (χ1) is 13.1. The molecule has 2 aliphatic rings. The maximum Gasteiger partial charge on any atom is 0.340 e. The van der Waals surface area contributed by atoms with Crippen LogP contribution in [-0.2, 0) is 27.3 Å². The van der Waals surface area contributed by atoms with E-state index in [4.69, 9.17) is 4.74 Å². The maximum absolute atomic E-state index is 12.5. The minimum atomic E-state index is -0.577. The molecule has 1 aromatic carbocycles. The standard InChI is InChI=1S/C20H20N2O4S/c23-18-6-3-9-22(18)16-5-2-1-4-15(16)20(25)26-13-19(24)21-10-7-17-14(12-21)8-11-27-17/h1-2,4-5,8,11H,3,6-7,9-10,12-13H2. The van der Waals surface area contributed by atoms with Gasteiger partial charge in [0.1, 0.15) is 0 Å². The molecule has 0 radical (unpaired) electrons. The zero-order valence-electron chi connectivity index (χ0n) is 14.8. The van der Waals surface area contributed by atoms with Crippen molar-refractivity contribution in [1.82, 2.24) is 4.90 Å². The van der Waals surface area contributed by atoms with Crippen molar-refractivity contribution >= 4 is 34.8 Å². The van der Waals surface area contributed by atoms with Crippen LogP contribution in [0.1, 0.15) is 33.6 Å². The molecule has 0 spiro atoms. The van der Waals surface area contributed by atoms with Gasteiger partial charge in [-0.2, -0.15) is 0 Å². The monoisotopic (exact) mass is 384 g/mol. The molecule has 140 valence electrons. The Morgan fingerprint density at radius 2 is 1.96 bits per heavy atom. The van der Waals surface area contributed by atoms with Crippen molar-refractivity contribution in [1.29, 1.82) is 0 Å². The van der Waals surface area contributed by atoms with E-state index in [1.54, 1.807) is 45.4 Å². The fraction of sp³-hybridized carbons (Fsp3) is 0.350. The van der Waals surface area contributed by atoms with Crippen molar-refractivity contribution in [2.24, 2.45) is 0 Å². The molecule has 6 nitrogen and oxygen atoms in total. The van der Waals surface area contributed by atoms with E-state index in [2.05, 4.69) is 0 Å². The van der Waals surface area contributed by atoms with E-state index >= 15 is 0 Å². The molecule has 3 heterocycles. The van der Waals surface area contributed by atoms with E-state index < -0.39 is 5.97 Å². The highest BCUT2D eigenvalue weighted by molar-refractivity contribution is 7.10. The summed E-state index contributed by atoms with van der Waals surface area (Å²) < 4.78 is 5.28. The molecular weight excluding hydrogens is 364 g/mol. The highest BCUT2D eigenvalue weighted by atomic mass is 32.1. The average Bonchev–Trinajstić information content (AvgIpc) is 3.33. The molecule has 1 fully saturated rings. The van der Waals surface area contributed by atoms with E-state index in [0.29, 0.717) is 37.3 Å². The van der Waals surface area contributed by atoms with Gasteiger partial charge in [0.25, 0.3) is 5.91 Å². The molecule has 0 N–H and O–H groups in total. The zero-order valence-corrected chi connectivity index (χ0v) is 15.7. The highest BCUT2D eigenvalue weighted by Crippen LogP contribution is 2.26. The number of hydrogen-bond donors (Lipinski definition) is 0. The molecule has 2 aliphatic heterocycles. The van der Waals surface area contributed by atoms with Gasteiger partial charge in [0.15, 0.2) is 6.61 Å². The summed E-state index contributed by atoms with van der Waals surface area (Å²) in [7, 11) is 0. The van der Waals surface area contributed by atoms with Crippen LogP contribution in [0, 0.1) is 0 Å². The van der Waals surface area contributed by atoms with Gasteiger partial charge in [0.2, 0.25) is 5.91 Å². The molecule has 1 saturated heterocycles. The minimum absolute atomic E-state index is 0.00575. The van der Waals surface area contributed by atoms with Crippen LogP contribution in [0.15, 0.2) is 35.7 Å². The van der Waals surface area contributed by atoms with Gasteiger partial charge < -0.3 is 14.5 Å². The lowest BCUT2D eigenvalue weighted by molar-refractivity contribution is -0.135. The normalized spacial score (nSPS) is 16.4. The van der Waals surface area contributed by atoms with E-state index in [1.165, 1.54) is 10.4 Å². The van der Waals surface area contributed by atoms with E-state index in [-0.39, 0.29) is 18.4 Å². The van der Waals surface area contributed by atoms with Gasteiger partial charge in [-0.3, -0.25) is 9.59 Å². The molecule has 0 aliphatic carbocycles. The van der Waals surface area contributed by atoms with E-state index in [9.17, 15) is 14.4 Å². The summed E-state index contributed by atoms with van der Waals surface area (Å²) in [4.78, 5) is 41.7. The molecule has 0 unspecified atom stereocenters. The Morgan fingerprint density at radius 1 is 1.11 bits per heavy atom. The molecule has 0 saturated carbocycles. The summed E-state index contributed by atoms with van der Waals surface area (Å²) in [6, 6.07) is 8.92. The first kappa shape index (κ1) is 17.7. The number of hydrogen-bond acceptors (Lipinski definition) is 5. The summed E-state index contributed by atoms with van der Waals surface area (Å²) >= 11 is 1.71. The number of nitrogens with zero attached hydrogens (tertiary/aromatic N) is 2. The van der Waals surface area contributed by atoms with Gasteiger partial charge in [-0.25, -0.2) is 4.79 Å². The Balaban J connectivity index is 1.40. The third-order valence-electron chi connectivity index (χ3n) is 4.98. The summed E-state index contributed by atoms with van der Waals surface area (Å²) in [6.45, 7) is 1.51. The van der Waals surface area contributed by atoms with Gasteiger partial charge >= 0.3 is 5.97 Å². The summed E-state index contributed by atoms with van der Waals surface area (Å²) in [5.41, 5.74) is 2.04. The number of anilines is 1. The Labute approximate surface area is 161 Å². The fourth-order valence-electron chi connectivity index (χ4n) is 3.54. The van der Waals surface area contributed by atoms with E-state index in [1.807, 2.05) is 11.4 Å². The number of carbonyl (C=O) groups excluding carboxylic acids is 3. The Kier molecular flexibility index (Phi) is 4.94. The fourth-order valence-corrected chi connectivity index (χ4v) is 4.43. The predicted octanol–water partition coefficient (Wildman–Crippen LogP) is 2.62. The van der Waals surface area contributed by atoms with Crippen molar-refractivity contribution < 1.29 is 19.1 Å².